The maximum Gasteiger partial charge on any atom is 0.0564 e. The second-order valence-electron chi connectivity index (χ2n) is 5.25. The highest BCUT2D eigenvalue weighted by Crippen LogP contribution is 2.18. The van der Waals surface area contributed by atoms with Gasteiger partial charge < -0.3 is 15.7 Å². The van der Waals surface area contributed by atoms with Gasteiger partial charge in [-0.05, 0) is 37.9 Å². The van der Waals surface area contributed by atoms with Crippen molar-refractivity contribution in [2.24, 2.45) is 5.73 Å². The summed E-state index contributed by atoms with van der Waals surface area (Å²) in [7, 11) is 0. The first-order valence-corrected chi connectivity index (χ1v) is 8.06. The van der Waals surface area contributed by atoms with Crippen molar-refractivity contribution in [3.8, 4) is 0 Å². The van der Waals surface area contributed by atoms with E-state index in [2.05, 4.69) is 29.2 Å². The molecular weight excluding hydrogens is 256 g/mol. The van der Waals surface area contributed by atoms with Gasteiger partial charge in [0, 0.05) is 29.8 Å². The normalized spacial score (nSPS) is 19.5. The lowest BCUT2D eigenvalue weighted by atomic mass is 10.1. The molecule has 0 bridgehead atoms. The van der Waals surface area contributed by atoms with Gasteiger partial charge in [0.2, 0.25) is 0 Å². The van der Waals surface area contributed by atoms with E-state index in [1.54, 1.807) is 0 Å². The van der Waals surface area contributed by atoms with E-state index < -0.39 is 0 Å². The van der Waals surface area contributed by atoms with Crippen molar-refractivity contribution in [1.82, 2.24) is 4.90 Å². The van der Waals surface area contributed by atoms with Gasteiger partial charge >= 0.3 is 0 Å². The first-order valence-electron chi connectivity index (χ1n) is 7.08. The molecule has 0 spiro atoms. The van der Waals surface area contributed by atoms with Gasteiger partial charge in [0.25, 0.3) is 0 Å². The van der Waals surface area contributed by atoms with Crippen molar-refractivity contribution in [2.45, 2.75) is 36.3 Å². The SMILES string of the molecule is N[C@H](CCN1CCC(O)CC1)CSc1ccccc1. The van der Waals surface area contributed by atoms with Crippen molar-refractivity contribution in [3.63, 3.8) is 0 Å². The van der Waals surface area contributed by atoms with Crippen LogP contribution in [0.3, 0.4) is 0 Å². The monoisotopic (exact) mass is 280 g/mol. The average molecular weight is 280 g/mol. The van der Waals surface area contributed by atoms with E-state index in [1.807, 2.05) is 17.8 Å². The lowest BCUT2D eigenvalue weighted by Crippen LogP contribution is -2.38. The number of rotatable bonds is 6. The Morgan fingerprint density at radius 1 is 1.26 bits per heavy atom. The number of nitrogens with two attached hydrogens (primary N) is 1. The van der Waals surface area contributed by atoms with Crippen LogP contribution in [0.1, 0.15) is 19.3 Å². The van der Waals surface area contributed by atoms with E-state index in [1.165, 1.54) is 4.90 Å². The highest BCUT2D eigenvalue weighted by atomic mass is 32.2. The van der Waals surface area contributed by atoms with E-state index in [0.29, 0.717) is 0 Å². The van der Waals surface area contributed by atoms with Gasteiger partial charge in [0.15, 0.2) is 0 Å². The van der Waals surface area contributed by atoms with Crippen LogP contribution in [0, 0.1) is 0 Å². The maximum atomic E-state index is 9.46. The van der Waals surface area contributed by atoms with Crippen LogP contribution in [0.2, 0.25) is 0 Å². The first-order chi connectivity index (χ1) is 9.24. The van der Waals surface area contributed by atoms with Crippen LogP contribution in [0.5, 0.6) is 0 Å². The Bertz CT molecular complexity index is 352. The third-order valence-electron chi connectivity index (χ3n) is 3.58. The fourth-order valence-electron chi connectivity index (χ4n) is 2.29. The fourth-order valence-corrected chi connectivity index (χ4v) is 3.22. The van der Waals surface area contributed by atoms with Gasteiger partial charge in [0.05, 0.1) is 6.10 Å². The zero-order valence-electron chi connectivity index (χ0n) is 11.4. The van der Waals surface area contributed by atoms with Crippen molar-refractivity contribution in [1.29, 1.82) is 0 Å². The van der Waals surface area contributed by atoms with Crippen molar-refractivity contribution in [2.75, 3.05) is 25.4 Å². The minimum atomic E-state index is -0.0847. The molecule has 1 saturated heterocycles. The van der Waals surface area contributed by atoms with Crippen LogP contribution < -0.4 is 5.73 Å². The van der Waals surface area contributed by atoms with Crippen LogP contribution >= 0.6 is 11.8 Å². The maximum absolute atomic E-state index is 9.46. The molecule has 2 rings (SSSR count). The van der Waals surface area contributed by atoms with E-state index >= 15 is 0 Å². The van der Waals surface area contributed by atoms with Crippen LogP contribution in [-0.2, 0) is 0 Å². The number of nitrogens with zero attached hydrogens (tertiary/aromatic N) is 1. The predicted molar refractivity (Wildman–Crippen MR) is 81.4 cm³/mol. The molecule has 1 heterocycles. The van der Waals surface area contributed by atoms with Crippen LogP contribution in [-0.4, -0.2) is 47.5 Å². The van der Waals surface area contributed by atoms with E-state index in [9.17, 15) is 5.11 Å². The summed E-state index contributed by atoms with van der Waals surface area (Å²) in [5.41, 5.74) is 6.17. The number of benzene rings is 1. The molecule has 1 aliphatic heterocycles. The van der Waals surface area contributed by atoms with E-state index in [-0.39, 0.29) is 12.1 Å². The third kappa shape index (κ3) is 5.53. The number of aliphatic hydroxyl groups is 1. The van der Waals surface area contributed by atoms with Gasteiger partial charge in [-0.15, -0.1) is 11.8 Å². The Labute approximate surface area is 120 Å². The first kappa shape index (κ1) is 14.9. The summed E-state index contributed by atoms with van der Waals surface area (Å²) in [6, 6.07) is 10.7. The van der Waals surface area contributed by atoms with Gasteiger partial charge in [-0.2, -0.15) is 0 Å². The van der Waals surface area contributed by atoms with Gasteiger partial charge in [-0.3, -0.25) is 0 Å². The molecule has 0 saturated carbocycles. The molecule has 1 atom stereocenters. The van der Waals surface area contributed by atoms with Crippen molar-refractivity contribution in [3.05, 3.63) is 30.3 Å². The molecule has 106 valence electrons. The van der Waals surface area contributed by atoms with Crippen molar-refractivity contribution >= 4 is 11.8 Å². The zero-order chi connectivity index (χ0) is 13.5. The molecule has 1 aromatic carbocycles. The molecule has 0 aromatic heterocycles. The Morgan fingerprint density at radius 2 is 1.95 bits per heavy atom. The molecular formula is C15H24N2OS. The molecule has 0 radical (unpaired) electrons. The summed E-state index contributed by atoms with van der Waals surface area (Å²) in [6.07, 6.45) is 2.77. The quantitative estimate of drug-likeness (QED) is 0.782. The highest BCUT2D eigenvalue weighted by Gasteiger charge is 2.17. The highest BCUT2D eigenvalue weighted by molar-refractivity contribution is 7.99. The second kappa shape index (κ2) is 7.90. The number of piperidine rings is 1. The molecule has 0 amide bonds. The molecule has 3 N–H and O–H groups in total. The summed E-state index contributed by atoms with van der Waals surface area (Å²) in [5.74, 6) is 0.973. The largest absolute Gasteiger partial charge is 0.393 e. The molecule has 0 unspecified atom stereocenters. The Morgan fingerprint density at radius 3 is 2.63 bits per heavy atom. The molecule has 1 fully saturated rings. The standard InChI is InChI=1S/C15H24N2OS/c16-13(12-19-15-4-2-1-3-5-15)6-9-17-10-7-14(18)8-11-17/h1-5,13-14,18H,6-12,16H2/t13-/m1/s1. The minimum absolute atomic E-state index is 0.0847. The van der Waals surface area contributed by atoms with E-state index in [4.69, 9.17) is 5.73 Å². The van der Waals surface area contributed by atoms with Crippen molar-refractivity contribution < 1.29 is 5.11 Å². The number of hydrogen-bond donors (Lipinski definition) is 2. The zero-order valence-corrected chi connectivity index (χ0v) is 12.2. The number of hydrogen-bond acceptors (Lipinski definition) is 4. The number of aliphatic hydroxyl groups excluding tert-OH is 1. The summed E-state index contributed by atoms with van der Waals surface area (Å²) in [4.78, 5) is 3.71. The summed E-state index contributed by atoms with van der Waals surface area (Å²) < 4.78 is 0. The Balaban J connectivity index is 1.61. The molecule has 3 nitrogen and oxygen atoms in total. The smallest absolute Gasteiger partial charge is 0.0564 e. The third-order valence-corrected chi connectivity index (χ3v) is 4.78. The average Bonchev–Trinajstić information content (AvgIpc) is 2.45. The molecule has 0 aliphatic carbocycles. The fraction of sp³-hybridized carbons (Fsp3) is 0.600. The number of likely N-dealkylation sites (tertiary alicyclic amines) is 1. The molecule has 19 heavy (non-hydrogen) atoms. The molecule has 1 aromatic rings. The minimum Gasteiger partial charge on any atom is -0.393 e. The topological polar surface area (TPSA) is 49.5 Å². The predicted octanol–water partition coefficient (Wildman–Crippen LogP) is 1.95. The molecule has 1 aliphatic rings. The lowest BCUT2D eigenvalue weighted by molar-refractivity contribution is 0.0815. The lowest BCUT2D eigenvalue weighted by Gasteiger charge is -2.30. The molecule has 4 heteroatoms. The van der Waals surface area contributed by atoms with Gasteiger partial charge in [0.1, 0.15) is 0 Å². The summed E-state index contributed by atoms with van der Waals surface area (Å²) >= 11 is 1.83. The Kier molecular flexibility index (Phi) is 6.17. The second-order valence-corrected chi connectivity index (χ2v) is 6.34. The van der Waals surface area contributed by atoms with Crippen LogP contribution in [0.4, 0.5) is 0 Å². The Hall–Kier alpha value is -0.550. The summed E-state index contributed by atoms with van der Waals surface area (Å²) in [5, 5.41) is 9.46. The van der Waals surface area contributed by atoms with Crippen LogP contribution in [0.25, 0.3) is 0 Å². The van der Waals surface area contributed by atoms with Crippen LogP contribution in [0.15, 0.2) is 35.2 Å². The van der Waals surface area contributed by atoms with E-state index in [0.717, 1.165) is 44.6 Å². The number of thioether (sulfide) groups is 1. The summed E-state index contributed by atoms with van der Waals surface area (Å²) in [6.45, 7) is 3.09. The van der Waals surface area contributed by atoms with Gasteiger partial charge in [-0.1, -0.05) is 18.2 Å². The van der Waals surface area contributed by atoms with Gasteiger partial charge in [-0.25, -0.2) is 0 Å².